The lowest BCUT2D eigenvalue weighted by Gasteiger charge is -2.09. The van der Waals surface area contributed by atoms with Gasteiger partial charge in [0.25, 0.3) is 0 Å². The van der Waals surface area contributed by atoms with Gasteiger partial charge >= 0.3 is 0 Å². The van der Waals surface area contributed by atoms with Gasteiger partial charge in [0.05, 0.1) is 11.4 Å². The molecule has 0 saturated heterocycles. The zero-order chi connectivity index (χ0) is 15.1. The molecule has 2 nitrogen and oxygen atoms in total. The van der Waals surface area contributed by atoms with Crippen LogP contribution in [0.1, 0.15) is 12.2 Å². The molecule has 2 heterocycles. The Hall–Kier alpha value is -1.39. The average Bonchev–Trinajstić information content (AvgIpc) is 3.10. The summed E-state index contributed by atoms with van der Waals surface area (Å²) in [6.07, 6.45) is 2.26. The molecule has 0 aliphatic carbocycles. The predicted molar refractivity (Wildman–Crippen MR) is 96.8 cm³/mol. The van der Waals surface area contributed by atoms with E-state index in [-0.39, 0.29) is 0 Å². The van der Waals surface area contributed by atoms with Crippen molar-refractivity contribution in [2.45, 2.75) is 19.4 Å². The van der Waals surface area contributed by atoms with E-state index in [1.165, 1.54) is 29.1 Å². The lowest BCUT2D eigenvalue weighted by molar-refractivity contribution is 0.756. The molecule has 110 valence electrons. The summed E-state index contributed by atoms with van der Waals surface area (Å²) in [5.74, 6) is 1.20. The first-order valence-corrected chi connectivity index (χ1v) is 8.92. The van der Waals surface area contributed by atoms with Gasteiger partial charge in [-0.25, -0.2) is 4.98 Å². The van der Waals surface area contributed by atoms with Crippen LogP contribution in [0.5, 0.6) is 0 Å². The van der Waals surface area contributed by atoms with Crippen molar-refractivity contribution in [3.63, 3.8) is 0 Å². The summed E-state index contributed by atoms with van der Waals surface area (Å²) in [5, 5.41) is 0. The summed E-state index contributed by atoms with van der Waals surface area (Å²) in [7, 11) is 0. The molecule has 0 fully saturated rings. The topological polar surface area (TPSA) is 17.8 Å². The molecule has 0 N–H and O–H groups in total. The highest BCUT2D eigenvalue weighted by molar-refractivity contribution is 9.10. The smallest absolute Gasteiger partial charge is 0.109 e. The Morgan fingerprint density at radius 1 is 0.818 bits per heavy atom. The van der Waals surface area contributed by atoms with Gasteiger partial charge in [-0.05, 0) is 30.7 Å². The second-order valence-electron chi connectivity index (χ2n) is 5.49. The van der Waals surface area contributed by atoms with Crippen LogP contribution in [-0.4, -0.2) is 9.55 Å². The van der Waals surface area contributed by atoms with Gasteiger partial charge in [-0.15, -0.1) is 0 Å². The number of aromatic nitrogens is 2. The molecule has 0 bridgehead atoms. The number of halogens is 2. The third-order valence-corrected chi connectivity index (χ3v) is 5.12. The quantitative estimate of drug-likeness (QED) is 0.523. The van der Waals surface area contributed by atoms with Crippen LogP contribution in [0.2, 0.25) is 0 Å². The highest BCUT2D eigenvalue weighted by Crippen LogP contribution is 2.36. The Morgan fingerprint density at radius 2 is 1.41 bits per heavy atom. The van der Waals surface area contributed by atoms with Crippen LogP contribution < -0.4 is 0 Å². The molecule has 0 unspecified atom stereocenters. The summed E-state index contributed by atoms with van der Waals surface area (Å²) in [5.41, 5.74) is 4.72. The maximum Gasteiger partial charge on any atom is 0.109 e. The van der Waals surface area contributed by atoms with Crippen molar-refractivity contribution in [1.29, 1.82) is 0 Å². The van der Waals surface area contributed by atoms with E-state index in [9.17, 15) is 0 Å². The molecule has 0 spiro atoms. The van der Waals surface area contributed by atoms with E-state index in [4.69, 9.17) is 4.98 Å². The van der Waals surface area contributed by atoms with Gasteiger partial charge in [-0.2, -0.15) is 0 Å². The lowest BCUT2D eigenvalue weighted by atomic mass is 10.0. The molecular weight excluding hydrogens is 404 g/mol. The molecule has 0 radical (unpaired) electrons. The summed E-state index contributed by atoms with van der Waals surface area (Å²) in [4.78, 5) is 4.93. The molecular formula is C18H14Br2N2. The Balaban J connectivity index is 1.92. The van der Waals surface area contributed by atoms with E-state index in [0.717, 1.165) is 27.6 Å². The Morgan fingerprint density at radius 3 is 2.05 bits per heavy atom. The zero-order valence-electron chi connectivity index (χ0n) is 11.9. The number of benzene rings is 2. The van der Waals surface area contributed by atoms with Crippen LogP contribution in [-0.2, 0) is 13.0 Å². The average molecular weight is 418 g/mol. The van der Waals surface area contributed by atoms with Gasteiger partial charge in [0.15, 0.2) is 0 Å². The second kappa shape index (κ2) is 5.67. The first-order chi connectivity index (χ1) is 10.7. The fraction of sp³-hybridized carbons (Fsp3) is 0.167. The number of aryl methyl sites for hydroxylation is 1. The number of fused-ring (bicyclic) bond motifs is 1. The fourth-order valence-corrected chi connectivity index (χ4v) is 3.56. The van der Waals surface area contributed by atoms with Crippen molar-refractivity contribution < 1.29 is 0 Å². The predicted octanol–water partition coefficient (Wildman–Crippen LogP) is 5.69. The van der Waals surface area contributed by atoms with Gasteiger partial charge in [0.1, 0.15) is 5.82 Å². The number of nitrogens with zero attached hydrogens (tertiary/aromatic N) is 2. The largest absolute Gasteiger partial charge is 0.327 e. The maximum atomic E-state index is 4.93. The molecule has 1 aromatic heterocycles. The fourth-order valence-electron chi connectivity index (χ4n) is 3.04. The van der Waals surface area contributed by atoms with Crippen molar-refractivity contribution in [2.24, 2.45) is 0 Å². The minimum absolute atomic E-state index is 1.06. The van der Waals surface area contributed by atoms with Crippen LogP contribution in [0, 0.1) is 0 Å². The number of rotatable bonds is 2. The molecule has 22 heavy (non-hydrogen) atoms. The summed E-state index contributed by atoms with van der Waals surface area (Å²) in [6.45, 7) is 1.06. The van der Waals surface area contributed by atoms with E-state index < -0.39 is 0 Å². The second-order valence-corrected chi connectivity index (χ2v) is 7.33. The first kappa shape index (κ1) is 14.2. The number of hydrogen-bond acceptors (Lipinski definition) is 1. The van der Waals surface area contributed by atoms with Crippen LogP contribution in [0.4, 0.5) is 0 Å². The molecule has 2 aromatic carbocycles. The summed E-state index contributed by atoms with van der Waals surface area (Å²) in [6, 6.07) is 16.9. The van der Waals surface area contributed by atoms with Gasteiger partial charge in [0.2, 0.25) is 0 Å². The lowest BCUT2D eigenvalue weighted by Crippen LogP contribution is -1.96. The van der Waals surface area contributed by atoms with E-state index >= 15 is 0 Å². The maximum absolute atomic E-state index is 4.93. The van der Waals surface area contributed by atoms with Crippen LogP contribution in [0.15, 0.2) is 57.5 Å². The van der Waals surface area contributed by atoms with E-state index in [1.807, 2.05) is 0 Å². The van der Waals surface area contributed by atoms with Gasteiger partial charge < -0.3 is 4.57 Å². The molecule has 1 aliphatic heterocycles. The molecule has 0 amide bonds. The Labute approximate surface area is 146 Å². The molecule has 0 saturated carbocycles. The number of hydrogen-bond donors (Lipinski definition) is 0. The minimum Gasteiger partial charge on any atom is -0.327 e. The van der Waals surface area contributed by atoms with Crippen LogP contribution >= 0.6 is 31.9 Å². The van der Waals surface area contributed by atoms with Crippen molar-refractivity contribution in [1.82, 2.24) is 9.55 Å². The normalized spacial score (nSPS) is 13.4. The van der Waals surface area contributed by atoms with Crippen molar-refractivity contribution in [3.8, 4) is 22.5 Å². The number of imidazole rings is 1. The molecule has 3 aromatic rings. The molecule has 4 heteroatoms. The monoisotopic (exact) mass is 416 g/mol. The van der Waals surface area contributed by atoms with E-state index in [1.54, 1.807) is 0 Å². The SMILES string of the molecule is Brc1ccc(-c2nc3n(c2-c2ccc(Br)cc2)CCC3)cc1. The minimum atomic E-state index is 1.06. The first-order valence-electron chi connectivity index (χ1n) is 7.33. The van der Waals surface area contributed by atoms with Crippen molar-refractivity contribution in [2.75, 3.05) is 0 Å². The summed E-state index contributed by atoms with van der Waals surface area (Å²) < 4.78 is 4.57. The van der Waals surface area contributed by atoms with E-state index in [2.05, 4.69) is 85.0 Å². The van der Waals surface area contributed by atoms with Gasteiger partial charge in [-0.1, -0.05) is 56.1 Å². The highest BCUT2D eigenvalue weighted by atomic mass is 79.9. The Kier molecular flexibility index (Phi) is 3.66. The third kappa shape index (κ3) is 2.44. The van der Waals surface area contributed by atoms with Gasteiger partial charge in [-0.3, -0.25) is 0 Å². The molecule has 0 atom stereocenters. The van der Waals surface area contributed by atoms with Crippen molar-refractivity contribution >= 4 is 31.9 Å². The standard InChI is InChI=1S/C18H14Br2N2/c19-14-7-3-12(4-8-14)17-18(13-5-9-15(20)10-6-13)22-11-1-2-16(22)21-17/h3-10H,1-2,11H2. The highest BCUT2D eigenvalue weighted by Gasteiger charge is 2.22. The van der Waals surface area contributed by atoms with Gasteiger partial charge in [0, 0.05) is 33.0 Å². The molecule has 1 aliphatic rings. The van der Waals surface area contributed by atoms with Crippen LogP contribution in [0.25, 0.3) is 22.5 Å². The van der Waals surface area contributed by atoms with Crippen LogP contribution in [0.3, 0.4) is 0 Å². The van der Waals surface area contributed by atoms with E-state index in [0.29, 0.717) is 0 Å². The third-order valence-electron chi connectivity index (χ3n) is 4.06. The zero-order valence-corrected chi connectivity index (χ0v) is 15.1. The Bertz CT molecular complexity index is 818. The molecule has 4 rings (SSSR count). The summed E-state index contributed by atoms with van der Waals surface area (Å²) >= 11 is 7.02. The van der Waals surface area contributed by atoms with Crippen molar-refractivity contribution in [3.05, 3.63) is 63.3 Å².